The molecule has 2 N–H and O–H groups in total. The Morgan fingerprint density at radius 3 is 2.50 bits per heavy atom. The van der Waals surface area contributed by atoms with Crippen molar-refractivity contribution in [1.29, 1.82) is 0 Å². The minimum atomic E-state index is -0.625. The van der Waals surface area contributed by atoms with Gasteiger partial charge < -0.3 is 5.11 Å². The third kappa shape index (κ3) is 2.26. The molecule has 3 heteroatoms. The van der Waals surface area contributed by atoms with E-state index in [0.717, 1.165) is 0 Å². The second-order valence-corrected chi connectivity index (χ2v) is 1.14. The zero-order chi connectivity index (χ0) is 4.99. The van der Waals surface area contributed by atoms with E-state index in [4.69, 9.17) is 5.11 Å². The van der Waals surface area contributed by atoms with E-state index in [0.29, 0.717) is 0 Å². The smallest absolute Gasteiger partial charge is 0.134 e. The van der Waals surface area contributed by atoms with Gasteiger partial charge in [-0.1, -0.05) is 12.2 Å². The molecule has 0 fully saturated rings. The lowest BCUT2D eigenvalue weighted by molar-refractivity contribution is 0.221. The van der Waals surface area contributed by atoms with Gasteiger partial charge >= 0.3 is 0 Å². The molecule has 1 atom stereocenters. The molecular weight excluding hydrogens is 98.1 g/mol. The molecule has 0 amide bonds. The highest BCUT2D eigenvalue weighted by Crippen LogP contribution is 1.62. The number of hydrogen-bond acceptors (Lipinski definition) is 3. The third-order valence-electron chi connectivity index (χ3n) is 0.425. The van der Waals surface area contributed by atoms with Gasteiger partial charge in [0, 0.05) is 5.37 Å². The molecule has 0 aliphatic heterocycles. The van der Waals surface area contributed by atoms with Gasteiger partial charge in [0.05, 0.1) is 0 Å². The lowest BCUT2D eigenvalue weighted by atomic mass is 10.7. The fourth-order valence-corrected chi connectivity index (χ4v) is 0.204. The number of thiocarbonyl (C=S) groups is 1. The van der Waals surface area contributed by atoms with Gasteiger partial charge in [-0.05, 0) is 7.05 Å². The predicted octanol–water partition coefficient (Wildman–Crippen LogP) is -0.476. The molecule has 0 spiro atoms. The summed E-state index contributed by atoms with van der Waals surface area (Å²) in [6, 6.07) is 0. The highest BCUT2D eigenvalue weighted by atomic mass is 32.1. The van der Waals surface area contributed by atoms with Crippen LogP contribution in [-0.4, -0.2) is 23.7 Å². The Balaban J connectivity index is 2.96. The lowest BCUT2D eigenvalue weighted by Crippen LogP contribution is -2.24. The molecule has 6 heavy (non-hydrogen) atoms. The third-order valence-corrected chi connectivity index (χ3v) is 0.682. The summed E-state index contributed by atoms with van der Waals surface area (Å²) in [6.07, 6.45) is -0.625. The maximum Gasteiger partial charge on any atom is 0.134 e. The molecular formula is C3H7NOS. The molecule has 0 saturated heterocycles. The zero-order valence-corrected chi connectivity index (χ0v) is 4.33. The maximum absolute atomic E-state index is 8.40. The summed E-state index contributed by atoms with van der Waals surface area (Å²) >= 11 is 4.34. The number of rotatable bonds is 2. The van der Waals surface area contributed by atoms with Crippen LogP contribution in [0.2, 0.25) is 0 Å². The first-order chi connectivity index (χ1) is 2.81. The van der Waals surface area contributed by atoms with E-state index in [-0.39, 0.29) is 0 Å². The van der Waals surface area contributed by atoms with Crippen molar-refractivity contribution >= 4 is 17.6 Å². The van der Waals surface area contributed by atoms with Crippen molar-refractivity contribution in [1.82, 2.24) is 5.32 Å². The Hall–Kier alpha value is 0.01000. The van der Waals surface area contributed by atoms with Gasteiger partial charge in [-0.2, -0.15) is 0 Å². The lowest BCUT2D eigenvalue weighted by Gasteiger charge is -1.95. The SMILES string of the molecule is CNC(O)C=S. The van der Waals surface area contributed by atoms with E-state index < -0.39 is 6.23 Å². The fraction of sp³-hybridized carbons (Fsp3) is 0.667. The van der Waals surface area contributed by atoms with Crippen LogP contribution in [0.3, 0.4) is 0 Å². The van der Waals surface area contributed by atoms with Crippen LogP contribution in [0.4, 0.5) is 0 Å². The summed E-state index contributed by atoms with van der Waals surface area (Å²) in [6.45, 7) is 0. The second kappa shape index (κ2) is 3.21. The molecule has 0 aliphatic carbocycles. The van der Waals surface area contributed by atoms with Crippen LogP contribution in [0, 0.1) is 0 Å². The number of aliphatic hydroxyl groups excluding tert-OH is 1. The van der Waals surface area contributed by atoms with Gasteiger partial charge in [0.1, 0.15) is 6.23 Å². The Bertz CT molecular complexity index is 48.1. The predicted molar refractivity (Wildman–Crippen MR) is 28.7 cm³/mol. The Morgan fingerprint density at radius 1 is 2.00 bits per heavy atom. The summed E-state index contributed by atoms with van der Waals surface area (Å²) < 4.78 is 0. The van der Waals surface area contributed by atoms with Gasteiger partial charge in [0.15, 0.2) is 0 Å². The summed E-state index contributed by atoms with van der Waals surface area (Å²) in [5, 5.41) is 12.2. The Morgan fingerprint density at radius 2 is 2.50 bits per heavy atom. The van der Waals surface area contributed by atoms with Crippen molar-refractivity contribution in [3.05, 3.63) is 0 Å². The van der Waals surface area contributed by atoms with Gasteiger partial charge in [0.25, 0.3) is 0 Å². The van der Waals surface area contributed by atoms with E-state index in [1.807, 2.05) is 0 Å². The van der Waals surface area contributed by atoms with Gasteiger partial charge in [-0.25, -0.2) is 0 Å². The van der Waals surface area contributed by atoms with Crippen molar-refractivity contribution in [3.8, 4) is 0 Å². The highest BCUT2D eigenvalue weighted by molar-refractivity contribution is 7.79. The van der Waals surface area contributed by atoms with Gasteiger partial charge in [-0.15, -0.1) is 0 Å². The monoisotopic (exact) mass is 105 g/mol. The number of nitrogens with one attached hydrogen (secondary N) is 1. The normalized spacial score (nSPS) is 13.7. The minimum absolute atomic E-state index is 0.625. The van der Waals surface area contributed by atoms with Crippen LogP contribution in [0.15, 0.2) is 0 Å². The standard InChI is InChI=1S/C3H7NOS/c1-4-3(5)2-6/h2-5H,1H3. The first-order valence-corrected chi connectivity index (χ1v) is 2.09. The van der Waals surface area contributed by atoms with Crippen molar-refractivity contribution in [2.75, 3.05) is 7.05 Å². The van der Waals surface area contributed by atoms with Crippen LogP contribution in [-0.2, 0) is 0 Å². The van der Waals surface area contributed by atoms with E-state index >= 15 is 0 Å². The summed E-state index contributed by atoms with van der Waals surface area (Å²) in [5.41, 5.74) is 0. The van der Waals surface area contributed by atoms with E-state index in [1.165, 1.54) is 5.37 Å². The summed E-state index contributed by atoms with van der Waals surface area (Å²) in [4.78, 5) is 0. The molecule has 0 aromatic heterocycles. The van der Waals surface area contributed by atoms with Crippen LogP contribution in [0.25, 0.3) is 0 Å². The van der Waals surface area contributed by atoms with Crippen LogP contribution in [0.1, 0.15) is 0 Å². The quantitative estimate of drug-likeness (QED) is 0.367. The van der Waals surface area contributed by atoms with Crippen LogP contribution in [0.5, 0.6) is 0 Å². The Labute approximate surface area is 42.2 Å². The average molecular weight is 105 g/mol. The van der Waals surface area contributed by atoms with E-state index in [9.17, 15) is 0 Å². The highest BCUT2D eigenvalue weighted by Gasteiger charge is 1.85. The molecule has 0 radical (unpaired) electrons. The van der Waals surface area contributed by atoms with Gasteiger partial charge in [-0.3, -0.25) is 5.32 Å². The van der Waals surface area contributed by atoms with Crippen molar-refractivity contribution in [3.63, 3.8) is 0 Å². The molecule has 0 heterocycles. The molecule has 0 saturated carbocycles. The first-order valence-electron chi connectivity index (χ1n) is 1.62. The second-order valence-electron chi connectivity index (χ2n) is 0.870. The molecule has 1 unspecified atom stereocenters. The van der Waals surface area contributed by atoms with E-state index in [2.05, 4.69) is 17.5 Å². The molecule has 0 aliphatic rings. The van der Waals surface area contributed by atoms with Crippen LogP contribution < -0.4 is 5.32 Å². The molecule has 0 aromatic carbocycles. The summed E-state index contributed by atoms with van der Waals surface area (Å²) in [5.74, 6) is 0. The molecule has 0 rings (SSSR count). The summed E-state index contributed by atoms with van der Waals surface area (Å²) in [7, 11) is 1.63. The first kappa shape index (κ1) is 6.01. The van der Waals surface area contributed by atoms with E-state index in [1.54, 1.807) is 7.05 Å². The number of aliphatic hydroxyl groups is 1. The number of hydrogen-bond donors (Lipinski definition) is 2. The Kier molecular flexibility index (Phi) is 3.21. The average Bonchev–Trinajstić information content (AvgIpc) is 1.65. The van der Waals surface area contributed by atoms with Crippen LogP contribution >= 0.6 is 12.2 Å². The van der Waals surface area contributed by atoms with Crippen molar-refractivity contribution in [2.45, 2.75) is 6.23 Å². The van der Waals surface area contributed by atoms with Crippen molar-refractivity contribution < 1.29 is 5.11 Å². The van der Waals surface area contributed by atoms with Gasteiger partial charge in [0.2, 0.25) is 0 Å². The molecule has 36 valence electrons. The molecule has 2 nitrogen and oxygen atoms in total. The largest absolute Gasteiger partial charge is 0.374 e. The topological polar surface area (TPSA) is 32.3 Å². The minimum Gasteiger partial charge on any atom is -0.374 e. The fourth-order valence-electron chi connectivity index (χ4n) is 0.0680. The maximum atomic E-state index is 8.40. The zero-order valence-electron chi connectivity index (χ0n) is 3.51. The molecule has 0 aromatic rings. The van der Waals surface area contributed by atoms with Crippen molar-refractivity contribution in [2.24, 2.45) is 0 Å². The molecule has 0 bridgehead atoms.